The summed E-state index contributed by atoms with van der Waals surface area (Å²) in [5.41, 5.74) is 0.0785. The van der Waals surface area contributed by atoms with Gasteiger partial charge in [-0.1, -0.05) is 0 Å². The van der Waals surface area contributed by atoms with Crippen LogP contribution in [0.1, 0.15) is 34.6 Å². The van der Waals surface area contributed by atoms with Crippen LogP contribution in [0.5, 0.6) is 11.5 Å². The van der Waals surface area contributed by atoms with Crippen LogP contribution >= 0.6 is 0 Å². The van der Waals surface area contributed by atoms with Crippen molar-refractivity contribution in [3.8, 4) is 11.5 Å². The second-order valence-electron chi connectivity index (χ2n) is 8.07. The van der Waals surface area contributed by atoms with Gasteiger partial charge in [-0.3, -0.25) is 9.69 Å². The number of rotatable bonds is 3. The molecule has 0 atom stereocenters. The Morgan fingerprint density at radius 3 is 2.26 bits per heavy atom. The zero-order valence-electron chi connectivity index (χ0n) is 17.8. The number of hydrogen-bond acceptors (Lipinski definition) is 4. The van der Waals surface area contributed by atoms with E-state index in [0.29, 0.717) is 61.8 Å². The average molecular weight is 437 g/mol. The Kier molecular flexibility index (Phi) is 5.41. The Labute approximate surface area is 179 Å². The number of likely N-dealkylation sites (N-methyl/N-ethyl adjacent to an activating group) is 1. The second-order valence-corrected chi connectivity index (χ2v) is 8.07. The molecule has 0 N–H and O–H groups in total. The predicted octanol–water partition coefficient (Wildman–Crippen LogP) is 3.60. The van der Waals surface area contributed by atoms with Crippen LogP contribution in [0.3, 0.4) is 0 Å². The third kappa shape index (κ3) is 3.54. The lowest BCUT2D eigenvalue weighted by Crippen LogP contribution is -2.56. The smallest absolute Gasteiger partial charge is 0.431 e. The van der Waals surface area contributed by atoms with Crippen LogP contribution in [0.15, 0.2) is 30.3 Å². The Morgan fingerprint density at radius 1 is 0.968 bits per heavy atom. The van der Waals surface area contributed by atoms with Gasteiger partial charge < -0.3 is 18.9 Å². The lowest BCUT2D eigenvalue weighted by Gasteiger charge is -2.50. The van der Waals surface area contributed by atoms with E-state index < -0.39 is 17.4 Å². The minimum atomic E-state index is -4.38. The summed E-state index contributed by atoms with van der Waals surface area (Å²) in [7, 11) is 5.00. The van der Waals surface area contributed by atoms with Gasteiger partial charge in [0.25, 0.3) is 5.91 Å². The van der Waals surface area contributed by atoms with Gasteiger partial charge in [-0.25, -0.2) is 0 Å². The van der Waals surface area contributed by atoms with Crippen LogP contribution in [0.25, 0.3) is 0 Å². The maximum Gasteiger partial charge on any atom is 0.431 e. The van der Waals surface area contributed by atoms with E-state index in [1.165, 1.54) is 24.9 Å². The molecule has 9 heteroatoms. The predicted molar refractivity (Wildman–Crippen MR) is 108 cm³/mol. The summed E-state index contributed by atoms with van der Waals surface area (Å²) in [5, 5.41) is 0. The number of ether oxygens (including phenoxy) is 2. The molecular formula is C22H26F3N3O3. The first-order valence-electron chi connectivity index (χ1n) is 10.2. The van der Waals surface area contributed by atoms with E-state index in [-0.39, 0.29) is 5.91 Å². The van der Waals surface area contributed by atoms with Crippen molar-refractivity contribution < 1.29 is 27.4 Å². The highest BCUT2D eigenvalue weighted by molar-refractivity contribution is 5.95. The number of nitrogens with zero attached hydrogens (tertiary/aromatic N) is 3. The van der Waals surface area contributed by atoms with E-state index in [4.69, 9.17) is 9.47 Å². The normalized spacial score (nSPS) is 18.7. The van der Waals surface area contributed by atoms with Crippen molar-refractivity contribution in [2.24, 2.45) is 0 Å². The molecule has 0 radical (unpaired) electrons. The van der Waals surface area contributed by atoms with Crippen LogP contribution in [0.2, 0.25) is 0 Å². The Morgan fingerprint density at radius 2 is 1.65 bits per heavy atom. The summed E-state index contributed by atoms with van der Waals surface area (Å²) in [5.74, 6) is 0.897. The molecule has 31 heavy (non-hydrogen) atoms. The second kappa shape index (κ2) is 7.78. The van der Waals surface area contributed by atoms with Crippen molar-refractivity contribution in [3.05, 3.63) is 47.3 Å². The van der Waals surface area contributed by atoms with Crippen LogP contribution in [-0.2, 0) is 18.3 Å². The molecule has 168 valence electrons. The van der Waals surface area contributed by atoms with Gasteiger partial charge in [-0.05, 0) is 50.2 Å². The monoisotopic (exact) mass is 437 g/mol. The first-order chi connectivity index (χ1) is 14.7. The molecule has 1 saturated heterocycles. The standard InChI is InChI=1S/C22H26F3N3O3/c1-26-12-13-28-18(6-7-19(28)22(23,24)25)21(26)8-10-27(11-9-21)20(29)15-4-5-16(30-2)17(14-15)31-3/h4-7,14H,8-13H2,1-3H3. The van der Waals surface area contributed by atoms with Gasteiger partial charge in [0.1, 0.15) is 5.69 Å². The fourth-order valence-corrected chi connectivity index (χ4v) is 4.89. The zero-order valence-corrected chi connectivity index (χ0v) is 17.8. The number of halogens is 3. The average Bonchev–Trinajstić information content (AvgIpc) is 3.22. The van der Waals surface area contributed by atoms with Crippen LogP contribution in [-0.4, -0.2) is 61.2 Å². The zero-order chi connectivity index (χ0) is 22.4. The van der Waals surface area contributed by atoms with E-state index in [1.807, 2.05) is 7.05 Å². The van der Waals surface area contributed by atoms with Gasteiger partial charge in [-0.15, -0.1) is 0 Å². The molecule has 1 amide bonds. The number of likely N-dealkylation sites (tertiary alicyclic amines) is 1. The largest absolute Gasteiger partial charge is 0.493 e. The Balaban J connectivity index is 1.56. The summed E-state index contributed by atoms with van der Waals surface area (Å²) < 4.78 is 52.2. The highest BCUT2D eigenvalue weighted by atomic mass is 19.4. The molecule has 0 bridgehead atoms. The van der Waals surface area contributed by atoms with Crippen molar-refractivity contribution in [2.75, 3.05) is 40.9 Å². The molecule has 1 aromatic carbocycles. The lowest BCUT2D eigenvalue weighted by molar-refractivity contribution is -0.144. The fourth-order valence-electron chi connectivity index (χ4n) is 4.89. The molecule has 2 aliphatic rings. The number of amides is 1. The highest BCUT2D eigenvalue weighted by Gasteiger charge is 2.47. The van der Waals surface area contributed by atoms with E-state index in [9.17, 15) is 18.0 Å². The summed E-state index contributed by atoms with van der Waals surface area (Å²) in [6, 6.07) is 7.82. The third-order valence-electron chi connectivity index (χ3n) is 6.65. The maximum atomic E-state index is 13.4. The van der Waals surface area contributed by atoms with Gasteiger partial charge in [0.15, 0.2) is 11.5 Å². The number of piperidine rings is 1. The number of hydrogen-bond donors (Lipinski definition) is 0. The van der Waals surface area contributed by atoms with E-state index in [0.717, 1.165) is 0 Å². The highest BCUT2D eigenvalue weighted by Crippen LogP contribution is 2.44. The molecule has 2 aromatic rings. The summed E-state index contributed by atoms with van der Waals surface area (Å²) >= 11 is 0. The minimum Gasteiger partial charge on any atom is -0.493 e. The van der Waals surface area contributed by atoms with Gasteiger partial charge in [0, 0.05) is 37.4 Å². The summed E-state index contributed by atoms with van der Waals surface area (Å²) in [4.78, 5) is 17.0. The number of alkyl halides is 3. The van der Waals surface area contributed by atoms with Crippen molar-refractivity contribution >= 4 is 5.91 Å². The Bertz CT molecular complexity index is 978. The molecule has 0 saturated carbocycles. The fraction of sp³-hybridized carbons (Fsp3) is 0.500. The van der Waals surface area contributed by atoms with E-state index >= 15 is 0 Å². The number of carbonyl (C=O) groups is 1. The van der Waals surface area contributed by atoms with Crippen molar-refractivity contribution in [1.82, 2.24) is 14.4 Å². The molecule has 6 nitrogen and oxygen atoms in total. The molecule has 2 aliphatic heterocycles. The number of methoxy groups -OCH3 is 2. The first kappa shape index (κ1) is 21.5. The number of aromatic nitrogens is 1. The minimum absolute atomic E-state index is 0.124. The van der Waals surface area contributed by atoms with Gasteiger partial charge in [0.05, 0.1) is 19.8 Å². The van der Waals surface area contributed by atoms with Crippen LogP contribution in [0.4, 0.5) is 13.2 Å². The maximum absolute atomic E-state index is 13.4. The van der Waals surface area contributed by atoms with Crippen molar-refractivity contribution in [3.63, 3.8) is 0 Å². The van der Waals surface area contributed by atoms with E-state index in [2.05, 4.69) is 4.90 Å². The lowest BCUT2D eigenvalue weighted by atomic mass is 9.81. The third-order valence-corrected chi connectivity index (χ3v) is 6.65. The summed E-state index contributed by atoms with van der Waals surface area (Å²) in [6.45, 7) is 1.77. The molecule has 1 aromatic heterocycles. The molecular weight excluding hydrogens is 411 g/mol. The Hall–Kier alpha value is -2.68. The molecule has 0 aliphatic carbocycles. The van der Waals surface area contributed by atoms with Gasteiger partial charge >= 0.3 is 6.18 Å². The number of fused-ring (bicyclic) bond motifs is 2. The van der Waals surface area contributed by atoms with Crippen LogP contribution in [0, 0.1) is 0 Å². The van der Waals surface area contributed by atoms with Crippen LogP contribution < -0.4 is 9.47 Å². The van der Waals surface area contributed by atoms with Gasteiger partial charge in [0.2, 0.25) is 0 Å². The van der Waals surface area contributed by atoms with Gasteiger partial charge in [-0.2, -0.15) is 13.2 Å². The van der Waals surface area contributed by atoms with E-state index in [1.54, 1.807) is 29.2 Å². The topological polar surface area (TPSA) is 46.9 Å². The molecule has 1 spiro atoms. The van der Waals surface area contributed by atoms with Crippen molar-refractivity contribution in [2.45, 2.75) is 31.1 Å². The van der Waals surface area contributed by atoms with Crippen molar-refractivity contribution in [1.29, 1.82) is 0 Å². The number of carbonyl (C=O) groups excluding carboxylic acids is 1. The SMILES string of the molecule is COc1ccc(C(=O)N2CCC3(CC2)c2ccc(C(F)(F)F)n2CCN3C)cc1OC. The quantitative estimate of drug-likeness (QED) is 0.736. The summed E-state index contributed by atoms with van der Waals surface area (Å²) in [6.07, 6.45) is -3.23. The number of benzene rings is 1. The molecule has 1 fully saturated rings. The molecule has 0 unspecified atom stereocenters. The first-order valence-corrected chi connectivity index (χ1v) is 10.2. The molecule has 4 rings (SSSR count). The molecule has 3 heterocycles.